The average Bonchev–Trinajstić information content (AvgIpc) is 3.20. The highest BCUT2D eigenvalue weighted by molar-refractivity contribution is 7.89. The molecule has 1 aromatic heterocycles. The summed E-state index contributed by atoms with van der Waals surface area (Å²) in [5, 5.41) is 0. The highest BCUT2D eigenvalue weighted by Gasteiger charge is 2.39. The zero-order valence-corrected chi connectivity index (χ0v) is 16.1. The first-order chi connectivity index (χ1) is 12.4. The van der Waals surface area contributed by atoms with E-state index < -0.39 is 10.0 Å². The summed E-state index contributed by atoms with van der Waals surface area (Å²) in [5.41, 5.74) is 4.49. The Labute approximate surface area is 154 Å². The molecule has 6 heteroatoms. The molecule has 4 rings (SSSR count). The Morgan fingerprint density at radius 2 is 1.81 bits per heavy atom. The third-order valence-corrected chi connectivity index (χ3v) is 7.31. The van der Waals surface area contributed by atoms with Gasteiger partial charge in [-0.25, -0.2) is 13.4 Å². The van der Waals surface area contributed by atoms with E-state index in [4.69, 9.17) is 0 Å². The van der Waals surface area contributed by atoms with Gasteiger partial charge in [0.05, 0.1) is 22.0 Å². The Hall–Kier alpha value is -2.18. The fourth-order valence-corrected chi connectivity index (χ4v) is 6.20. The lowest BCUT2D eigenvalue weighted by molar-refractivity contribution is 0.385. The second-order valence-electron chi connectivity index (χ2n) is 7.14. The summed E-state index contributed by atoms with van der Waals surface area (Å²) < 4.78 is 28.6. The Morgan fingerprint density at radius 1 is 1.12 bits per heavy atom. The molecule has 1 aliphatic rings. The van der Waals surface area contributed by atoms with Crippen molar-refractivity contribution >= 4 is 21.1 Å². The number of sulfonamides is 1. The minimum atomic E-state index is -3.58. The number of hydrogen-bond acceptors (Lipinski definition) is 3. The summed E-state index contributed by atoms with van der Waals surface area (Å²) in [7, 11) is -3.58. The number of aromatic nitrogens is 2. The summed E-state index contributed by atoms with van der Waals surface area (Å²) in [4.78, 5) is 8.40. The van der Waals surface area contributed by atoms with E-state index in [9.17, 15) is 8.42 Å². The van der Waals surface area contributed by atoms with Crippen molar-refractivity contribution in [1.29, 1.82) is 0 Å². The first kappa shape index (κ1) is 17.2. The molecular formula is C20H23N3O2S. The lowest BCUT2D eigenvalue weighted by atomic mass is 10.1. The second-order valence-corrected chi connectivity index (χ2v) is 8.97. The first-order valence-electron chi connectivity index (χ1n) is 8.92. The molecule has 2 heterocycles. The maximum atomic E-state index is 13.5. The van der Waals surface area contributed by atoms with Crippen molar-refractivity contribution in [1.82, 2.24) is 14.3 Å². The summed E-state index contributed by atoms with van der Waals surface area (Å²) in [6, 6.07) is 11.4. The van der Waals surface area contributed by atoms with Gasteiger partial charge in [-0.2, -0.15) is 4.31 Å². The third-order valence-electron chi connectivity index (χ3n) is 5.10. The van der Waals surface area contributed by atoms with Gasteiger partial charge in [0, 0.05) is 6.54 Å². The van der Waals surface area contributed by atoms with Crippen LogP contribution in [-0.4, -0.2) is 29.2 Å². The molecule has 0 amide bonds. The van der Waals surface area contributed by atoms with Gasteiger partial charge in [-0.15, -0.1) is 0 Å². The predicted molar refractivity (Wildman–Crippen MR) is 103 cm³/mol. The molecule has 0 saturated carbocycles. The molecule has 3 aromatic rings. The molecule has 1 N–H and O–H groups in total. The third kappa shape index (κ3) is 2.73. The average molecular weight is 369 g/mol. The SMILES string of the molecule is Cc1cc(C)c(S(=O)(=O)N2CCC[C@H]2c2nc3ccccc3[nH]2)c(C)c1. The number of rotatable bonds is 3. The van der Waals surface area contributed by atoms with Crippen molar-refractivity contribution in [3.8, 4) is 0 Å². The molecule has 5 nitrogen and oxygen atoms in total. The van der Waals surface area contributed by atoms with Gasteiger partial charge < -0.3 is 4.98 Å². The molecule has 1 aliphatic heterocycles. The summed E-state index contributed by atoms with van der Waals surface area (Å²) in [5.74, 6) is 0.731. The minimum absolute atomic E-state index is 0.243. The van der Waals surface area contributed by atoms with Crippen LogP contribution in [0.15, 0.2) is 41.3 Å². The Morgan fingerprint density at radius 3 is 2.50 bits per heavy atom. The molecule has 26 heavy (non-hydrogen) atoms. The molecule has 0 spiro atoms. The van der Waals surface area contributed by atoms with Crippen LogP contribution in [0.5, 0.6) is 0 Å². The standard InChI is InChI=1S/C20H23N3O2S/c1-13-11-14(2)19(15(3)12-13)26(24,25)23-10-6-9-18(23)20-21-16-7-4-5-8-17(16)22-20/h4-5,7-8,11-12,18H,6,9-10H2,1-3H3,(H,21,22)/t18-/m0/s1. The van der Waals surface area contributed by atoms with E-state index in [1.807, 2.05) is 57.2 Å². The first-order valence-corrected chi connectivity index (χ1v) is 10.4. The number of aromatic amines is 1. The van der Waals surface area contributed by atoms with E-state index in [-0.39, 0.29) is 6.04 Å². The van der Waals surface area contributed by atoms with Gasteiger partial charge in [-0.1, -0.05) is 29.8 Å². The number of para-hydroxylation sites is 2. The molecule has 1 saturated heterocycles. The number of fused-ring (bicyclic) bond motifs is 1. The summed E-state index contributed by atoms with van der Waals surface area (Å²) >= 11 is 0. The number of imidazole rings is 1. The van der Waals surface area contributed by atoms with Crippen molar-refractivity contribution in [2.24, 2.45) is 0 Å². The van der Waals surface area contributed by atoms with Crippen LogP contribution in [0, 0.1) is 20.8 Å². The van der Waals surface area contributed by atoms with E-state index in [0.717, 1.165) is 46.4 Å². The van der Waals surface area contributed by atoms with Gasteiger partial charge in [0.1, 0.15) is 5.82 Å². The normalized spacial score (nSPS) is 18.7. The molecule has 1 fully saturated rings. The monoisotopic (exact) mass is 369 g/mol. The predicted octanol–water partition coefficient (Wildman–Crippen LogP) is 4.01. The van der Waals surface area contributed by atoms with E-state index >= 15 is 0 Å². The molecular weight excluding hydrogens is 346 g/mol. The molecule has 0 radical (unpaired) electrons. The van der Waals surface area contributed by atoms with Crippen LogP contribution in [0.25, 0.3) is 11.0 Å². The Bertz CT molecular complexity index is 1030. The second kappa shape index (κ2) is 6.21. The lowest BCUT2D eigenvalue weighted by Gasteiger charge is -2.24. The molecule has 1 atom stereocenters. The maximum absolute atomic E-state index is 13.5. The fraction of sp³-hybridized carbons (Fsp3) is 0.350. The zero-order valence-electron chi connectivity index (χ0n) is 15.3. The summed E-state index contributed by atoms with van der Waals surface area (Å²) in [6.45, 7) is 6.26. The van der Waals surface area contributed by atoms with Crippen molar-refractivity contribution in [2.75, 3.05) is 6.54 Å². The van der Waals surface area contributed by atoms with Gasteiger partial charge in [0.15, 0.2) is 0 Å². The van der Waals surface area contributed by atoms with Crippen LogP contribution >= 0.6 is 0 Å². The fourth-order valence-electron chi connectivity index (χ4n) is 4.12. The molecule has 136 valence electrons. The van der Waals surface area contributed by atoms with Gasteiger partial charge in [-0.05, 0) is 56.9 Å². The van der Waals surface area contributed by atoms with Crippen LogP contribution in [0.2, 0.25) is 0 Å². The van der Waals surface area contributed by atoms with Crippen LogP contribution in [-0.2, 0) is 10.0 Å². The van der Waals surface area contributed by atoms with Crippen molar-refractivity contribution < 1.29 is 8.42 Å². The number of hydrogen-bond donors (Lipinski definition) is 1. The number of nitrogens with zero attached hydrogens (tertiary/aromatic N) is 2. The highest BCUT2D eigenvalue weighted by atomic mass is 32.2. The number of aryl methyl sites for hydroxylation is 3. The van der Waals surface area contributed by atoms with E-state index in [1.54, 1.807) is 4.31 Å². The maximum Gasteiger partial charge on any atom is 0.244 e. The van der Waals surface area contributed by atoms with Crippen molar-refractivity contribution in [3.05, 3.63) is 58.9 Å². The van der Waals surface area contributed by atoms with Crippen LogP contribution in [0.3, 0.4) is 0 Å². The molecule has 0 bridgehead atoms. The van der Waals surface area contributed by atoms with E-state index in [2.05, 4.69) is 9.97 Å². The van der Waals surface area contributed by atoms with Crippen molar-refractivity contribution in [2.45, 2.75) is 44.6 Å². The minimum Gasteiger partial charge on any atom is -0.341 e. The number of nitrogens with one attached hydrogen (secondary N) is 1. The molecule has 2 aromatic carbocycles. The number of H-pyrrole nitrogens is 1. The summed E-state index contributed by atoms with van der Waals surface area (Å²) in [6.07, 6.45) is 1.62. The van der Waals surface area contributed by atoms with Crippen LogP contribution < -0.4 is 0 Å². The largest absolute Gasteiger partial charge is 0.341 e. The molecule has 0 aliphatic carbocycles. The van der Waals surface area contributed by atoms with Gasteiger partial charge in [0.25, 0.3) is 0 Å². The number of benzene rings is 2. The van der Waals surface area contributed by atoms with E-state index in [1.165, 1.54) is 0 Å². The van der Waals surface area contributed by atoms with Gasteiger partial charge >= 0.3 is 0 Å². The lowest BCUT2D eigenvalue weighted by Crippen LogP contribution is -2.32. The Kier molecular flexibility index (Phi) is 4.12. The van der Waals surface area contributed by atoms with Crippen LogP contribution in [0.4, 0.5) is 0 Å². The van der Waals surface area contributed by atoms with Crippen molar-refractivity contribution in [3.63, 3.8) is 0 Å². The molecule has 0 unspecified atom stereocenters. The van der Waals surface area contributed by atoms with Crippen LogP contribution in [0.1, 0.15) is 41.4 Å². The Balaban J connectivity index is 1.78. The van der Waals surface area contributed by atoms with E-state index in [0.29, 0.717) is 11.4 Å². The quantitative estimate of drug-likeness (QED) is 0.758. The smallest absolute Gasteiger partial charge is 0.244 e. The highest BCUT2D eigenvalue weighted by Crippen LogP contribution is 2.37. The van der Waals surface area contributed by atoms with Gasteiger partial charge in [0.2, 0.25) is 10.0 Å². The topological polar surface area (TPSA) is 66.1 Å². The van der Waals surface area contributed by atoms with Gasteiger partial charge in [-0.3, -0.25) is 0 Å². The zero-order chi connectivity index (χ0) is 18.5.